The molecule has 26 heavy (non-hydrogen) atoms. The van der Waals surface area contributed by atoms with Crippen LogP contribution >= 0.6 is 0 Å². The van der Waals surface area contributed by atoms with Crippen LogP contribution in [0.4, 0.5) is 5.82 Å². The van der Waals surface area contributed by atoms with Crippen LogP contribution in [0.2, 0.25) is 0 Å². The number of nitrogens with two attached hydrogens (primary N) is 2. The summed E-state index contributed by atoms with van der Waals surface area (Å²) in [5.41, 5.74) is 8.80. The average molecular weight is 363 g/mol. The topological polar surface area (TPSA) is 145 Å². The fraction of sp³-hybridized carbons (Fsp3) is 0.647. The Hall–Kier alpha value is -2.42. The third kappa shape index (κ3) is 2.49. The van der Waals surface area contributed by atoms with Crippen molar-refractivity contribution in [3.05, 3.63) is 11.8 Å². The number of hydrogen-bond acceptors (Lipinski definition) is 5. The van der Waals surface area contributed by atoms with E-state index in [9.17, 15) is 19.5 Å². The van der Waals surface area contributed by atoms with Gasteiger partial charge in [0.1, 0.15) is 5.82 Å². The summed E-state index contributed by atoms with van der Waals surface area (Å²) >= 11 is 0. The molecule has 1 aliphatic heterocycles. The van der Waals surface area contributed by atoms with E-state index in [-0.39, 0.29) is 29.4 Å². The lowest BCUT2D eigenvalue weighted by Gasteiger charge is -2.50. The first-order chi connectivity index (χ1) is 12.0. The Morgan fingerprint density at radius 2 is 1.96 bits per heavy atom. The van der Waals surface area contributed by atoms with Crippen molar-refractivity contribution in [2.75, 3.05) is 11.4 Å². The van der Waals surface area contributed by atoms with Gasteiger partial charge in [0.2, 0.25) is 11.8 Å². The molecule has 1 aromatic rings. The molecule has 1 saturated carbocycles. The fourth-order valence-corrected chi connectivity index (χ4v) is 3.83. The van der Waals surface area contributed by atoms with Crippen LogP contribution in [0.25, 0.3) is 0 Å². The lowest BCUT2D eigenvalue weighted by molar-refractivity contribution is -0.169. The van der Waals surface area contributed by atoms with Crippen molar-refractivity contribution in [2.45, 2.75) is 46.3 Å². The number of carbonyl (C=O) groups is 3. The molecule has 2 heterocycles. The number of aliphatic hydroxyl groups is 1. The van der Waals surface area contributed by atoms with Crippen LogP contribution < -0.4 is 16.4 Å². The van der Waals surface area contributed by atoms with E-state index in [0.29, 0.717) is 12.8 Å². The Labute approximate surface area is 151 Å². The van der Waals surface area contributed by atoms with Crippen molar-refractivity contribution in [3.8, 4) is 0 Å². The first-order valence-electron chi connectivity index (χ1n) is 8.69. The number of amides is 3. The van der Waals surface area contributed by atoms with Crippen molar-refractivity contribution in [3.63, 3.8) is 0 Å². The third-order valence-electron chi connectivity index (χ3n) is 5.27. The zero-order valence-corrected chi connectivity index (χ0v) is 15.2. The molecule has 0 aromatic carbocycles. The maximum Gasteiger partial charge on any atom is 0.269 e. The van der Waals surface area contributed by atoms with E-state index in [1.807, 2.05) is 20.8 Å². The molecule has 3 rings (SSSR count). The van der Waals surface area contributed by atoms with E-state index in [1.54, 1.807) is 0 Å². The number of nitrogens with zero attached hydrogens (tertiary/aromatic N) is 3. The molecule has 2 aliphatic rings. The summed E-state index contributed by atoms with van der Waals surface area (Å²) in [4.78, 5) is 38.9. The Morgan fingerprint density at radius 1 is 1.35 bits per heavy atom. The van der Waals surface area contributed by atoms with Gasteiger partial charge in [-0.3, -0.25) is 19.3 Å². The lowest BCUT2D eigenvalue weighted by atomic mass is 9.62. The van der Waals surface area contributed by atoms with Crippen LogP contribution in [0.1, 0.15) is 56.8 Å². The summed E-state index contributed by atoms with van der Waals surface area (Å²) in [6.07, 6.45) is 0.525. The smallest absolute Gasteiger partial charge is 0.269 e. The zero-order valence-electron chi connectivity index (χ0n) is 15.2. The number of anilines is 1. The number of carbonyl (C=O) groups excluding carboxylic acids is 3. The first kappa shape index (κ1) is 18.4. The highest BCUT2D eigenvalue weighted by atomic mass is 16.3. The van der Waals surface area contributed by atoms with E-state index in [0.717, 1.165) is 11.1 Å². The molecule has 1 fully saturated rings. The number of fused-ring (bicyclic) bond motifs is 1. The van der Waals surface area contributed by atoms with E-state index in [4.69, 9.17) is 11.5 Å². The average Bonchev–Trinajstić information content (AvgIpc) is 2.90. The SMILES string of the molecule is CC(C)(C)CN1C(=O)C(C(N)=O)(C2CCC2)C(O)n2nc(C(N)=O)cc21. The minimum atomic E-state index is -1.79. The lowest BCUT2D eigenvalue weighted by Crippen LogP contribution is -2.65. The quantitative estimate of drug-likeness (QED) is 0.652. The maximum absolute atomic E-state index is 13.5. The van der Waals surface area contributed by atoms with Gasteiger partial charge >= 0.3 is 0 Å². The van der Waals surface area contributed by atoms with Crippen LogP contribution in [0.5, 0.6) is 0 Å². The minimum absolute atomic E-state index is 0.0837. The first-order valence-corrected chi connectivity index (χ1v) is 8.69. The van der Waals surface area contributed by atoms with E-state index < -0.39 is 29.4 Å². The van der Waals surface area contributed by atoms with E-state index in [1.165, 1.54) is 11.0 Å². The molecule has 0 bridgehead atoms. The molecule has 9 nitrogen and oxygen atoms in total. The van der Waals surface area contributed by atoms with Crippen molar-refractivity contribution >= 4 is 23.5 Å². The largest absolute Gasteiger partial charge is 0.370 e. The number of aromatic nitrogens is 2. The number of primary amides is 2. The summed E-state index contributed by atoms with van der Waals surface area (Å²) in [7, 11) is 0. The van der Waals surface area contributed by atoms with Gasteiger partial charge in [0.05, 0.1) is 0 Å². The van der Waals surface area contributed by atoms with Gasteiger partial charge in [0.25, 0.3) is 5.91 Å². The van der Waals surface area contributed by atoms with E-state index >= 15 is 0 Å². The molecule has 3 amide bonds. The molecular formula is C17H25N5O4. The van der Waals surface area contributed by atoms with Gasteiger partial charge in [-0.25, -0.2) is 4.68 Å². The summed E-state index contributed by atoms with van der Waals surface area (Å²) in [5.74, 6) is -2.32. The van der Waals surface area contributed by atoms with Crippen LogP contribution in [-0.2, 0) is 9.59 Å². The van der Waals surface area contributed by atoms with Crippen LogP contribution in [0.3, 0.4) is 0 Å². The molecule has 0 saturated heterocycles. The Morgan fingerprint density at radius 3 is 2.38 bits per heavy atom. The van der Waals surface area contributed by atoms with Crippen LogP contribution in [0, 0.1) is 16.7 Å². The highest BCUT2D eigenvalue weighted by Crippen LogP contribution is 2.52. The van der Waals surface area contributed by atoms with Gasteiger partial charge in [0.15, 0.2) is 17.3 Å². The Bertz CT molecular complexity index is 777. The number of aliphatic hydroxyl groups excluding tert-OH is 1. The van der Waals surface area contributed by atoms with Gasteiger partial charge in [-0.1, -0.05) is 27.2 Å². The van der Waals surface area contributed by atoms with Crippen LogP contribution in [-0.4, -0.2) is 39.2 Å². The second-order valence-corrected chi connectivity index (χ2v) is 8.38. The van der Waals surface area contributed by atoms with Crippen molar-refractivity contribution in [1.29, 1.82) is 0 Å². The number of rotatable bonds is 4. The van der Waals surface area contributed by atoms with Gasteiger partial charge in [-0.05, 0) is 24.2 Å². The molecule has 2 atom stereocenters. The van der Waals surface area contributed by atoms with Gasteiger partial charge < -0.3 is 16.6 Å². The monoisotopic (exact) mass is 363 g/mol. The summed E-state index contributed by atoms with van der Waals surface area (Å²) < 4.78 is 1.14. The molecular weight excluding hydrogens is 338 g/mol. The zero-order chi connectivity index (χ0) is 19.4. The predicted molar refractivity (Wildman–Crippen MR) is 92.8 cm³/mol. The standard InChI is InChI=1S/C17H25N5O4/c1-16(2,3)8-21-11-7-10(12(18)23)20-22(11)15(26)17(13(19)24,14(21)25)9-5-4-6-9/h7,9,15,26H,4-6,8H2,1-3H3,(H2,18,23)(H2,19,24). The van der Waals surface area contributed by atoms with E-state index in [2.05, 4.69) is 5.10 Å². The van der Waals surface area contributed by atoms with Crippen molar-refractivity contribution in [2.24, 2.45) is 28.2 Å². The van der Waals surface area contributed by atoms with Crippen LogP contribution in [0.15, 0.2) is 6.07 Å². The summed E-state index contributed by atoms with van der Waals surface area (Å²) in [6, 6.07) is 1.36. The third-order valence-corrected chi connectivity index (χ3v) is 5.27. The summed E-state index contributed by atoms with van der Waals surface area (Å²) in [6.45, 7) is 6.09. The predicted octanol–water partition coefficient (Wildman–Crippen LogP) is 0.137. The molecule has 0 radical (unpaired) electrons. The molecule has 9 heteroatoms. The molecule has 1 aromatic heterocycles. The molecule has 2 unspecified atom stereocenters. The molecule has 142 valence electrons. The highest BCUT2D eigenvalue weighted by molar-refractivity contribution is 6.13. The molecule has 5 N–H and O–H groups in total. The minimum Gasteiger partial charge on any atom is -0.370 e. The normalized spacial score (nSPS) is 26.4. The maximum atomic E-state index is 13.5. The Kier molecular flexibility index (Phi) is 4.10. The second kappa shape index (κ2) is 5.80. The number of hydrogen-bond donors (Lipinski definition) is 3. The van der Waals surface area contributed by atoms with Gasteiger partial charge in [-0.15, -0.1) is 0 Å². The second-order valence-electron chi connectivity index (χ2n) is 8.38. The molecule has 1 aliphatic carbocycles. The highest BCUT2D eigenvalue weighted by Gasteiger charge is 2.63. The van der Waals surface area contributed by atoms with Gasteiger partial charge in [-0.2, -0.15) is 5.10 Å². The van der Waals surface area contributed by atoms with Crippen molar-refractivity contribution in [1.82, 2.24) is 9.78 Å². The van der Waals surface area contributed by atoms with Gasteiger partial charge in [0, 0.05) is 12.6 Å². The molecule has 0 spiro atoms. The Balaban J connectivity index is 2.22. The summed E-state index contributed by atoms with van der Waals surface area (Å²) in [5, 5.41) is 15.0. The fourth-order valence-electron chi connectivity index (χ4n) is 3.83. The van der Waals surface area contributed by atoms with Crippen molar-refractivity contribution < 1.29 is 19.5 Å².